The second kappa shape index (κ2) is 7.32. The molecule has 3 heterocycles. The number of nitrogens with zero attached hydrogens (tertiary/aromatic N) is 2. The minimum absolute atomic E-state index is 0.100. The molecule has 0 bridgehead atoms. The lowest BCUT2D eigenvalue weighted by molar-refractivity contribution is -0.130. The Bertz CT molecular complexity index is 1160. The fourth-order valence-corrected chi connectivity index (χ4v) is 2.83. The highest BCUT2D eigenvalue weighted by atomic mass is 16.3. The monoisotopic (exact) mass is 387 g/mol. The van der Waals surface area contributed by atoms with Crippen molar-refractivity contribution in [3.05, 3.63) is 77.5 Å². The molecule has 0 atom stereocenters. The number of hydrogen-bond acceptors (Lipinski definition) is 6. The van der Waals surface area contributed by atoms with Crippen LogP contribution in [0, 0.1) is 11.3 Å². The van der Waals surface area contributed by atoms with E-state index in [0.717, 1.165) is 10.5 Å². The maximum Gasteiger partial charge on any atom is 0.331 e. The predicted octanol–water partition coefficient (Wildman–Crippen LogP) is 3.07. The second-order valence-corrected chi connectivity index (χ2v) is 6.18. The van der Waals surface area contributed by atoms with Crippen molar-refractivity contribution in [3.8, 4) is 17.4 Å². The largest absolute Gasteiger partial charge is 0.467 e. The minimum atomic E-state index is -0.814. The molecule has 3 aromatic rings. The number of hydrogen-bond donors (Lipinski definition) is 1. The Hall–Kier alpha value is -4.38. The molecule has 1 fully saturated rings. The number of carbonyl (C=O) groups excluding carboxylic acids is 3. The van der Waals surface area contributed by atoms with E-state index >= 15 is 0 Å². The van der Waals surface area contributed by atoms with Crippen molar-refractivity contribution in [1.82, 2.24) is 10.2 Å². The zero-order valence-electron chi connectivity index (χ0n) is 14.9. The third-order valence-corrected chi connectivity index (χ3v) is 4.29. The third kappa shape index (κ3) is 3.57. The highest BCUT2D eigenvalue weighted by Crippen LogP contribution is 2.25. The molecule has 0 spiro atoms. The lowest BCUT2D eigenvalue weighted by atomic mass is 10.1. The van der Waals surface area contributed by atoms with Crippen LogP contribution in [0.25, 0.3) is 17.4 Å². The molecule has 1 aliphatic heterocycles. The summed E-state index contributed by atoms with van der Waals surface area (Å²) in [4.78, 5) is 37.8. The van der Waals surface area contributed by atoms with Gasteiger partial charge in [0.2, 0.25) is 0 Å². The number of benzene rings is 1. The average Bonchev–Trinajstić information content (AvgIpc) is 3.40. The van der Waals surface area contributed by atoms with E-state index in [-0.39, 0.29) is 17.9 Å². The summed E-state index contributed by atoms with van der Waals surface area (Å²) in [6.07, 6.45) is 2.71. The first-order valence-corrected chi connectivity index (χ1v) is 8.57. The van der Waals surface area contributed by atoms with E-state index in [1.165, 1.54) is 12.3 Å². The first-order valence-electron chi connectivity index (χ1n) is 8.57. The summed E-state index contributed by atoms with van der Waals surface area (Å²) < 4.78 is 10.9. The van der Waals surface area contributed by atoms with Crippen LogP contribution in [-0.2, 0) is 16.1 Å². The van der Waals surface area contributed by atoms with E-state index in [0.29, 0.717) is 17.1 Å². The second-order valence-electron chi connectivity index (χ2n) is 6.18. The molecule has 0 aliphatic carbocycles. The van der Waals surface area contributed by atoms with Gasteiger partial charge >= 0.3 is 6.03 Å². The molecule has 4 amide bonds. The van der Waals surface area contributed by atoms with E-state index in [9.17, 15) is 14.4 Å². The summed E-state index contributed by atoms with van der Waals surface area (Å²) >= 11 is 0. The van der Waals surface area contributed by atoms with Crippen LogP contribution in [-0.4, -0.2) is 22.7 Å². The van der Waals surface area contributed by atoms with Gasteiger partial charge in [-0.1, -0.05) is 0 Å². The number of urea groups is 1. The quantitative estimate of drug-likeness (QED) is 0.543. The van der Waals surface area contributed by atoms with E-state index in [4.69, 9.17) is 14.1 Å². The molecular formula is C21H13N3O5. The number of nitriles is 1. The van der Waals surface area contributed by atoms with Crippen molar-refractivity contribution in [3.63, 3.8) is 0 Å². The fraction of sp³-hybridized carbons (Fsp3) is 0.0476. The van der Waals surface area contributed by atoms with Gasteiger partial charge in [-0.05, 0) is 54.6 Å². The number of furan rings is 2. The fourth-order valence-electron chi connectivity index (χ4n) is 2.83. The lowest BCUT2D eigenvalue weighted by Crippen LogP contribution is -2.53. The summed E-state index contributed by atoms with van der Waals surface area (Å²) in [5.74, 6) is -0.356. The molecule has 142 valence electrons. The van der Waals surface area contributed by atoms with Gasteiger partial charge in [0, 0.05) is 5.56 Å². The number of barbiturate groups is 1. The summed E-state index contributed by atoms with van der Waals surface area (Å²) in [6, 6.07) is 14.6. The van der Waals surface area contributed by atoms with E-state index in [2.05, 4.69) is 5.32 Å². The SMILES string of the molecule is N#Cc1ccc(-c2ccc(/C=C3\C(=O)NC(=O)N(Cc4ccco4)C3=O)o2)cc1. The van der Waals surface area contributed by atoms with Gasteiger partial charge in [-0.2, -0.15) is 5.26 Å². The molecule has 1 aromatic carbocycles. The highest BCUT2D eigenvalue weighted by Gasteiger charge is 2.36. The minimum Gasteiger partial charge on any atom is -0.467 e. The first-order chi connectivity index (χ1) is 14.0. The molecule has 8 nitrogen and oxygen atoms in total. The van der Waals surface area contributed by atoms with Crippen LogP contribution in [0.3, 0.4) is 0 Å². The smallest absolute Gasteiger partial charge is 0.331 e. The Morgan fingerprint density at radius 2 is 1.86 bits per heavy atom. The van der Waals surface area contributed by atoms with Gasteiger partial charge in [-0.15, -0.1) is 0 Å². The highest BCUT2D eigenvalue weighted by molar-refractivity contribution is 6.30. The van der Waals surface area contributed by atoms with Crippen LogP contribution in [0.15, 0.2) is 69.2 Å². The van der Waals surface area contributed by atoms with Crippen molar-refractivity contribution in [2.45, 2.75) is 6.54 Å². The normalized spacial score (nSPS) is 15.5. The number of carbonyl (C=O) groups is 3. The standard InChI is InChI=1S/C21H13N3O5/c22-11-13-3-5-14(6-4-13)18-8-7-15(29-18)10-17-19(25)23-21(27)24(20(17)26)12-16-2-1-9-28-16/h1-10H,12H2,(H,23,25,27)/b17-10+. The Morgan fingerprint density at radius 1 is 1.07 bits per heavy atom. The Balaban J connectivity index is 1.60. The van der Waals surface area contributed by atoms with E-state index in [1.807, 2.05) is 6.07 Å². The molecule has 0 unspecified atom stereocenters. The molecule has 1 aliphatic rings. The van der Waals surface area contributed by atoms with E-state index < -0.39 is 17.8 Å². The number of imide groups is 2. The zero-order chi connectivity index (χ0) is 20.4. The maximum atomic E-state index is 12.7. The van der Waals surface area contributed by atoms with Gasteiger partial charge in [0.15, 0.2) is 0 Å². The van der Waals surface area contributed by atoms with Crippen molar-refractivity contribution in [2.24, 2.45) is 0 Å². The Labute approximate surface area is 164 Å². The summed E-state index contributed by atoms with van der Waals surface area (Å²) in [5, 5.41) is 11.0. The van der Waals surface area contributed by atoms with Gasteiger partial charge in [0.1, 0.15) is 22.9 Å². The van der Waals surface area contributed by atoms with Crippen LogP contribution in [0.1, 0.15) is 17.1 Å². The van der Waals surface area contributed by atoms with Crippen LogP contribution in [0.2, 0.25) is 0 Å². The molecule has 1 saturated heterocycles. The molecule has 4 rings (SSSR count). The van der Waals surface area contributed by atoms with Gasteiger partial charge in [-0.25, -0.2) is 4.79 Å². The van der Waals surface area contributed by atoms with Crippen LogP contribution < -0.4 is 5.32 Å². The summed E-state index contributed by atoms with van der Waals surface area (Å²) in [5.41, 5.74) is 1.04. The summed E-state index contributed by atoms with van der Waals surface area (Å²) in [6.45, 7) is -0.100. The molecule has 8 heteroatoms. The third-order valence-electron chi connectivity index (χ3n) is 4.29. The topological polar surface area (TPSA) is 117 Å². The first kappa shape index (κ1) is 18.0. The molecule has 29 heavy (non-hydrogen) atoms. The van der Waals surface area contributed by atoms with Gasteiger partial charge in [-0.3, -0.25) is 19.8 Å². The van der Waals surface area contributed by atoms with Crippen LogP contribution in [0.4, 0.5) is 4.79 Å². The Kier molecular flexibility index (Phi) is 4.55. The van der Waals surface area contributed by atoms with Crippen molar-refractivity contribution < 1.29 is 23.2 Å². The average molecular weight is 387 g/mol. The van der Waals surface area contributed by atoms with Crippen LogP contribution in [0.5, 0.6) is 0 Å². The van der Waals surface area contributed by atoms with Crippen molar-refractivity contribution in [1.29, 1.82) is 5.26 Å². The van der Waals surface area contributed by atoms with Crippen LogP contribution >= 0.6 is 0 Å². The number of amides is 4. The van der Waals surface area contributed by atoms with Gasteiger partial charge in [0.25, 0.3) is 11.8 Å². The maximum absolute atomic E-state index is 12.7. The lowest BCUT2D eigenvalue weighted by Gasteiger charge is -2.25. The molecule has 1 N–H and O–H groups in total. The molecule has 0 radical (unpaired) electrons. The molecule has 2 aromatic heterocycles. The van der Waals surface area contributed by atoms with Crippen molar-refractivity contribution >= 4 is 23.9 Å². The molecule has 0 saturated carbocycles. The van der Waals surface area contributed by atoms with Gasteiger partial charge < -0.3 is 8.83 Å². The van der Waals surface area contributed by atoms with Gasteiger partial charge in [0.05, 0.1) is 24.4 Å². The Morgan fingerprint density at radius 3 is 2.55 bits per heavy atom. The predicted molar refractivity (Wildman–Crippen MR) is 99.6 cm³/mol. The number of nitrogens with one attached hydrogen (secondary N) is 1. The zero-order valence-corrected chi connectivity index (χ0v) is 14.9. The van der Waals surface area contributed by atoms with Crippen molar-refractivity contribution in [2.75, 3.05) is 0 Å². The number of rotatable bonds is 4. The summed E-state index contributed by atoms with van der Waals surface area (Å²) in [7, 11) is 0. The van der Waals surface area contributed by atoms with E-state index in [1.54, 1.807) is 48.5 Å². The molecular weight excluding hydrogens is 374 g/mol.